The van der Waals surface area contributed by atoms with Crippen LogP contribution in [0.5, 0.6) is 0 Å². The van der Waals surface area contributed by atoms with Gasteiger partial charge >= 0.3 is 0 Å². The maximum Gasteiger partial charge on any atom is 0.243 e. The molecule has 0 radical (unpaired) electrons. The van der Waals surface area contributed by atoms with E-state index in [1.807, 2.05) is 54.6 Å². The normalized spacial score (nSPS) is 14.6. The van der Waals surface area contributed by atoms with Crippen LogP contribution >= 0.6 is 11.8 Å². The number of rotatable bonds is 5. The number of nitrogens with one attached hydrogen (secondary N) is 1. The number of benzene rings is 2. The molecule has 2 aromatic rings. The van der Waals surface area contributed by atoms with E-state index in [9.17, 15) is 4.79 Å². The van der Waals surface area contributed by atoms with Crippen LogP contribution in [0.3, 0.4) is 0 Å². The number of carbonyl (C=O) groups excluding carboxylic acids is 1. The predicted octanol–water partition coefficient (Wildman–Crippen LogP) is 3.42. The first-order chi connectivity index (χ1) is 10.8. The summed E-state index contributed by atoms with van der Waals surface area (Å²) in [6.07, 6.45) is 0. The Labute approximate surface area is 133 Å². The highest BCUT2D eigenvalue weighted by Gasteiger charge is 2.29. The average molecular weight is 312 g/mol. The second-order valence-corrected chi connectivity index (χ2v) is 5.89. The summed E-state index contributed by atoms with van der Waals surface area (Å²) in [4.78, 5) is 13.4. The van der Waals surface area contributed by atoms with Crippen LogP contribution in [0.4, 0.5) is 5.69 Å². The molecule has 0 bridgehead atoms. The zero-order valence-corrected chi connectivity index (χ0v) is 12.8. The van der Waals surface area contributed by atoms with Crippen molar-refractivity contribution >= 4 is 28.5 Å². The largest absolute Gasteiger partial charge is 0.372 e. The number of nitrogens with zero attached hydrogens (tertiary/aromatic N) is 1. The maximum absolute atomic E-state index is 12.0. The van der Waals surface area contributed by atoms with Crippen LogP contribution in [0.1, 0.15) is 11.1 Å². The molecule has 1 heterocycles. The quantitative estimate of drug-likeness (QED) is 0.920. The first kappa shape index (κ1) is 14.8. The molecule has 1 saturated heterocycles. The summed E-state index contributed by atoms with van der Waals surface area (Å²) in [7, 11) is 0. The Morgan fingerprint density at radius 3 is 2.50 bits per heavy atom. The Balaban J connectivity index is 1.72. The molecule has 0 aromatic heterocycles. The lowest BCUT2D eigenvalue weighted by Crippen LogP contribution is -2.29. The van der Waals surface area contributed by atoms with Gasteiger partial charge in [-0.15, -0.1) is 0 Å². The van der Waals surface area contributed by atoms with Gasteiger partial charge < -0.3 is 4.74 Å². The van der Waals surface area contributed by atoms with Gasteiger partial charge in [-0.3, -0.25) is 15.1 Å². The maximum atomic E-state index is 12.0. The molecular weight excluding hydrogens is 296 g/mol. The smallest absolute Gasteiger partial charge is 0.243 e. The predicted molar refractivity (Wildman–Crippen MR) is 89.0 cm³/mol. The third-order valence-electron chi connectivity index (χ3n) is 3.39. The zero-order chi connectivity index (χ0) is 15.4. The highest BCUT2D eigenvalue weighted by Crippen LogP contribution is 2.29. The van der Waals surface area contributed by atoms with Crippen molar-refractivity contribution in [2.45, 2.75) is 13.2 Å². The number of thioether (sulfide) groups is 1. The lowest BCUT2D eigenvalue weighted by Gasteiger charge is -2.19. The molecule has 1 fully saturated rings. The minimum Gasteiger partial charge on any atom is -0.372 e. The minimum atomic E-state index is -0.0505. The molecule has 0 aliphatic carbocycles. The molecule has 5 heteroatoms. The molecule has 0 saturated carbocycles. The summed E-state index contributed by atoms with van der Waals surface area (Å²) in [5, 5.41) is 8.19. The van der Waals surface area contributed by atoms with Crippen LogP contribution in [-0.2, 0) is 22.7 Å². The molecule has 1 aliphatic heterocycles. The Morgan fingerprint density at radius 2 is 1.77 bits per heavy atom. The van der Waals surface area contributed by atoms with Gasteiger partial charge in [-0.1, -0.05) is 60.3 Å². The van der Waals surface area contributed by atoms with Crippen molar-refractivity contribution in [2.24, 2.45) is 0 Å². The molecule has 1 aliphatic rings. The summed E-state index contributed by atoms with van der Waals surface area (Å²) >= 11 is 1.26. The highest BCUT2D eigenvalue weighted by molar-refractivity contribution is 8.15. The molecule has 1 amide bonds. The van der Waals surface area contributed by atoms with Crippen LogP contribution in [0.15, 0.2) is 54.6 Å². The molecule has 0 spiro atoms. The van der Waals surface area contributed by atoms with Crippen molar-refractivity contribution in [3.8, 4) is 0 Å². The summed E-state index contributed by atoms with van der Waals surface area (Å²) < 4.78 is 5.76. The van der Waals surface area contributed by atoms with E-state index in [-0.39, 0.29) is 11.1 Å². The van der Waals surface area contributed by atoms with E-state index in [2.05, 4.69) is 0 Å². The molecule has 112 valence electrons. The highest BCUT2D eigenvalue weighted by atomic mass is 32.2. The molecule has 22 heavy (non-hydrogen) atoms. The van der Waals surface area contributed by atoms with E-state index in [4.69, 9.17) is 10.1 Å². The number of carbonyl (C=O) groups is 1. The summed E-state index contributed by atoms with van der Waals surface area (Å²) in [5.41, 5.74) is 2.77. The molecule has 0 atom stereocenters. The molecule has 4 nitrogen and oxygen atoms in total. The number of hydrogen-bond acceptors (Lipinski definition) is 4. The monoisotopic (exact) mass is 312 g/mol. The number of hydrogen-bond donors (Lipinski definition) is 1. The fourth-order valence-electron chi connectivity index (χ4n) is 2.32. The van der Waals surface area contributed by atoms with E-state index in [1.54, 1.807) is 0 Å². The number of anilines is 1. The number of ether oxygens (including phenoxy) is 1. The van der Waals surface area contributed by atoms with Gasteiger partial charge in [-0.25, -0.2) is 0 Å². The van der Waals surface area contributed by atoms with Gasteiger partial charge in [-0.2, -0.15) is 0 Å². The lowest BCUT2D eigenvalue weighted by molar-refractivity contribution is -0.115. The van der Waals surface area contributed by atoms with Crippen LogP contribution in [-0.4, -0.2) is 16.8 Å². The Bertz CT molecular complexity index is 672. The van der Waals surface area contributed by atoms with E-state index < -0.39 is 0 Å². The fourth-order valence-corrected chi connectivity index (χ4v) is 3.04. The van der Waals surface area contributed by atoms with Gasteiger partial charge in [0.25, 0.3) is 0 Å². The van der Waals surface area contributed by atoms with Gasteiger partial charge in [0.1, 0.15) is 0 Å². The Hall–Kier alpha value is -2.11. The average Bonchev–Trinajstić information content (AvgIpc) is 2.88. The van der Waals surface area contributed by atoms with Crippen molar-refractivity contribution in [3.05, 3.63) is 65.7 Å². The van der Waals surface area contributed by atoms with Gasteiger partial charge in [0.05, 0.1) is 24.7 Å². The van der Waals surface area contributed by atoms with E-state index in [1.165, 1.54) is 16.7 Å². The molecule has 2 aromatic carbocycles. The molecule has 0 unspecified atom stereocenters. The first-order valence-electron chi connectivity index (χ1n) is 6.99. The van der Waals surface area contributed by atoms with E-state index in [0.717, 1.165) is 16.8 Å². The molecular formula is C17H16N2O2S. The standard InChI is InChI=1S/C17H16N2O2S/c18-17-19(16(20)12-22-17)15-9-5-4-8-14(15)11-21-10-13-6-2-1-3-7-13/h1-9,18H,10-12H2. The van der Waals surface area contributed by atoms with Crippen LogP contribution in [0, 0.1) is 5.41 Å². The van der Waals surface area contributed by atoms with Gasteiger partial charge in [0.2, 0.25) is 5.91 Å². The van der Waals surface area contributed by atoms with Crippen molar-refractivity contribution in [3.63, 3.8) is 0 Å². The molecule has 1 N–H and O–H groups in total. The first-order valence-corrected chi connectivity index (χ1v) is 7.98. The Morgan fingerprint density at radius 1 is 1.05 bits per heavy atom. The van der Waals surface area contributed by atoms with Gasteiger partial charge in [-0.05, 0) is 11.6 Å². The van der Waals surface area contributed by atoms with E-state index >= 15 is 0 Å². The summed E-state index contributed by atoms with van der Waals surface area (Å²) in [6, 6.07) is 17.6. The lowest BCUT2D eigenvalue weighted by atomic mass is 10.1. The zero-order valence-electron chi connectivity index (χ0n) is 12.0. The third-order valence-corrected chi connectivity index (χ3v) is 4.23. The van der Waals surface area contributed by atoms with Crippen LogP contribution in [0.25, 0.3) is 0 Å². The second kappa shape index (κ2) is 6.77. The topological polar surface area (TPSA) is 53.4 Å². The number of amides is 1. The summed E-state index contributed by atoms with van der Waals surface area (Å²) in [6.45, 7) is 0.933. The fraction of sp³-hybridized carbons (Fsp3) is 0.176. The summed E-state index contributed by atoms with van der Waals surface area (Å²) in [5.74, 6) is 0.281. The van der Waals surface area contributed by atoms with Crippen molar-refractivity contribution < 1.29 is 9.53 Å². The van der Waals surface area contributed by atoms with Crippen molar-refractivity contribution in [2.75, 3.05) is 10.7 Å². The molecule has 3 rings (SSSR count). The van der Waals surface area contributed by atoms with Crippen LogP contribution < -0.4 is 4.90 Å². The third kappa shape index (κ3) is 3.21. The second-order valence-electron chi connectivity index (χ2n) is 4.93. The van der Waals surface area contributed by atoms with Crippen LogP contribution in [0.2, 0.25) is 0 Å². The minimum absolute atomic E-state index is 0.0505. The van der Waals surface area contributed by atoms with E-state index in [0.29, 0.717) is 19.0 Å². The van der Waals surface area contributed by atoms with Gasteiger partial charge in [0, 0.05) is 5.56 Å². The van der Waals surface area contributed by atoms with Crippen molar-refractivity contribution in [1.82, 2.24) is 0 Å². The Kier molecular flexibility index (Phi) is 4.56. The number of amidine groups is 1. The van der Waals surface area contributed by atoms with Crippen molar-refractivity contribution in [1.29, 1.82) is 5.41 Å². The van der Waals surface area contributed by atoms with Gasteiger partial charge in [0.15, 0.2) is 5.17 Å². The number of para-hydroxylation sites is 1. The SMILES string of the molecule is N=C1SCC(=O)N1c1ccccc1COCc1ccccc1.